The van der Waals surface area contributed by atoms with Crippen molar-refractivity contribution in [3.8, 4) is 0 Å². The largest absolute Gasteiger partial charge is 0.346 e. The van der Waals surface area contributed by atoms with Crippen LogP contribution < -0.4 is 11.1 Å². The van der Waals surface area contributed by atoms with Crippen molar-refractivity contribution < 1.29 is 9.59 Å². The zero-order valence-corrected chi connectivity index (χ0v) is 12.9. The molecule has 0 saturated heterocycles. The number of rotatable bonds is 5. The van der Waals surface area contributed by atoms with Gasteiger partial charge in [-0.25, -0.2) is 0 Å². The lowest BCUT2D eigenvalue weighted by Crippen LogP contribution is -2.52. The van der Waals surface area contributed by atoms with Crippen LogP contribution in [-0.4, -0.2) is 43.4 Å². The van der Waals surface area contributed by atoms with Gasteiger partial charge in [0.2, 0.25) is 11.8 Å². The van der Waals surface area contributed by atoms with Crippen molar-refractivity contribution in [1.82, 2.24) is 10.2 Å². The van der Waals surface area contributed by atoms with E-state index in [0.717, 1.165) is 24.3 Å². The van der Waals surface area contributed by atoms with Crippen LogP contribution in [0.4, 0.5) is 0 Å². The molecule has 21 heavy (non-hydrogen) atoms. The van der Waals surface area contributed by atoms with Crippen LogP contribution in [0.5, 0.6) is 0 Å². The van der Waals surface area contributed by atoms with Crippen LogP contribution in [0.3, 0.4) is 0 Å². The molecule has 5 heteroatoms. The maximum Gasteiger partial charge on any atom is 0.241 e. The summed E-state index contributed by atoms with van der Waals surface area (Å²) in [7, 11) is 1.87. The van der Waals surface area contributed by atoms with Crippen molar-refractivity contribution in [2.24, 2.45) is 28.9 Å². The van der Waals surface area contributed by atoms with Crippen molar-refractivity contribution in [2.45, 2.75) is 38.5 Å². The SMILES string of the molecule is CN(CC12CC3CC(CC(C3)C1)C2)C(=O)CNC(=O)CN. The predicted octanol–water partition coefficient (Wildman–Crippen LogP) is 0.736. The van der Waals surface area contributed by atoms with E-state index >= 15 is 0 Å². The molecular weight excluding hydrogens is 266 g/mol. The number of likely N-dealkylation sites (N-methyl/N-ethyl adjacent to an activating group) is 1. The van der Waals surface area contributed by atoms with Gasteiger partial charge < -0.3 is 16.0 Å². The van der Waals surface area contributed by atoms with Gasteiger partial charge in [0.05, 0.1) is 13.1 Å². The molecule has 0 heterocycles. The Morgan fingerprint density at radius 3 is 2.14 bits per heavy atom. The van der Waals surface area contributed by atoms with Crippen molar-refractivity contribution in [3.05, 3.63) is 0 Å². The highest BCUT2D eigenvalue weighted by Crippen LogP contribution is 2.60. The van der Waals surface area contributed by atoms with Crippen LogP contribution >= 0.6 is 0 Å². The number of carbonyl (C=O) groups excluding carboxylic acids is 2. The molecule has 4 rings (SSSR count). The molecular formula is C16H27N3O2. The normalized spacial score (nSPS) is 36.6. The predicted molar refractivity (Wildman–Crippen MR) is 80.3 cm³/mol. The standard InChI is InChI=1S/C16H27N3O2/c1-19(15(21)9-18-14(20)8-17)10-16-5-11-2-12(6-16)4-13(3-11)7-16/h11-13H,2-10,17H2,1H3,(H,18,20). The van der Waals surface area contributed by atoms with Gasteiger partial charge in [-0.05, 0) is 61.7 Å². The molecule has 0 radical (unpaired) electrons. The summed E-state index contributed by atoms with van der Waals surface area (Å²) >= 11 is 0. The van der Waals surface area contributed by atoms with Crippen molar-refractivity contribution in [2.75, 3.05) is 26.7 Å². The van der Waals surface area contributed by atoms with E-state index in [2.05, 4.69) is 5.32 Å². The number of hydrogen-bond donors (Lipinski definition) is 2. The van der Waals surface area contributed by atoms with E-state index in [4.69, 9.17) is 5.73 Å². The van der Waals surface area contributed by atoms with Crippen LogP contribution in [0, 0.1) is 23.2 Å². The molecule has 0 aromatic heterocycles. The van der Waals surface area contributed by atoms with E-state index in [0.29, 0.717) is 5.41 Å². The van der Waals surface area contributed by atoms with Crippen molar-refractivity contribution in [3.63, 3.8) is 0 Å². The zero-order chi connectivity index (χ0) is 15.0. The highest BCUT2D eigenvalue weighted by atomic mass is 16.2. The fourth-order valence-corrected chi connectivity index (χ4v) is 5.46. The van der Waals surface area contributed by atoms with E-state index in [1.54, 1.807) is 0 Å². The maximum absolute atomic E-state index is 12.2. The Balaban J connectivity index is 1.56. The van der Waals surface area contributed by atoms with Crippen LogP contribution in [0.25, 0.3) is 0 Å². The third kappa shape index (κ3) is 3.07. The number of nitrogens with one attached hydrogen (secondary N) is 1. The molecule has 0 unspecified atom stereocenters. The molecule has 4 aliphatic carbocycles. The smallest absolute Gasteiger partial charge is 0.241 e. The molecule has 4 bridgehead atoms. The lowest BCUT2D eigenvalue weighted by molar-refractivity contribution is -0.136. The highest BCUT2D eigenvalue weighted by Gasteiger charge is 2.51. The monoisotopic (exact) mass is 293 g/mol. The van der Waals surface area contributed by atoms with Gasteiger partial charge in [0.15, 0.2) is 0 Å². The number of nitrogens with zero attached hydrogens (tertiary/aromatic N) is 1. The Labute approximate surface area is 126 Å². The summed E-state index contributed by atoms with van der Waals surface area (Å²) in [6.45, 7) is 0.860. The minimum absolute atomic E-state index is 0.00690. The molecule has 4 aliphatic rings. The Kier molecular flexibility index (Phi) is 3.95. The third-order valence-corrected chi connectivity index (χ3v) is 5.79. The molecule has 0 atom stereocenters. The molecule has 4 fully saturated rings. The fraction of sp³-hybridized carbons (Fsp3) is 0.875. The van der Waals surface area contributed by atoms with Gasteiger partial charge in [-0.1, -0.05) is 0 Å². The highest BCUT2D eigenvalue weighted by molar-refractivity contribution is 5.85. The molecule has 0 aromatic carbocycles. The number of carbonyl (C=O) groups is 2. The maximum atomic E-state index is 12.2. The minimum Gasteiger partial charge on any atom is -0.346 e. The molecule has 118 valence electrons. The summed E-state index contributed by atoms with van der Waals surface area (Å²) in [6.07, 6.45) is 8.15. The van der Waals surface area contributed by atoms with E-state index < -0.39 is 0 Å². The quantitative estimate of drug-likeness (QED) is 0.785. The van der Waals surface area contributed by atoms with Gasteiger partial charge in [0, 0.05) is 13.6 Å². The van der Waals surface area contributed by atoms with Gasteiger partial charge in [-0.15, -0.1) is 0 Å². The first kappa shape index (κ1) is 14.8. The van der Waals surface area contributed by atoms with E-state index in [-0.39, 0.29) is 24.9 Å². The number of hydrogen-bond acceptors (Lipinski definition) is 3. The number of nitrogens with two attached hydrogens (primary N) is 1. The van der Waals surface area contributed by atoms with Gasteiger partial charge in [-0.2, -0.15) is 0 Å². The topological polar surface area (TPSA) is 75.4 Å². The summed E-state index contributed by atoms with van der Waals surface area (Å²) in [5.41, 5.74) is 5.59. The fourth-order valence-electron chi connectivity index (χ4n) is 5.46. The van der Waals surface area contributed by atoms with Gasteiger partial charge in [0.25, 0.3) is 0 Å². The lowest BCUT2D eigenvalue weighted by atomic mass is 9.49. The summed E-state index contributed by atoms with van der Waals surface area (Å²) in [6, 6.07) is 0. The Morgan fingerprint density at radius 1 is 1.14 bits per heavy atom. The summed E-state index contributed by atoms with van der Waals surface area (Å²) in [4.78, 5) is 25.1. The van der Waals surface area contributed by atoms with Crippen LogP contribution in [0.15, 0.2) is 0 Å². The third-order valence-electron chi connectivity index (χ3n) is 5.79. The first-order chi connectivity index (χ1) is 9.99. The number of amides is 2. The van der Waals surface area contributed by atoms with Gasteiger partial charge in [-0.3, -0.25) is 9.59 Å². The molecule has 0 aliphatic heterocycles. The van der Waals surface area contributed by atoms with Crippen molar-refractivity contribution in [1.29, 1.82) is 0 Å². The van der Waals surface area contributed by atoms with E-state index in [1.807, 2.05) is 11.9 Å². The molecule has 2 amide bonds. The Bertz CT molecular complexity index is 400. The summed E-state index contributed by atoms with van der Waals surface area (Å²) in [5.74, 6) is 2.42. The summed E-state index contributed by atoms with van der Waals surface area (Å²) < 4.78 is 0. The second-order valence-electron chi connectivity index (χ2n) is 7.65. The second-order valence-corrected chi connectivity index (χ2v) is 7.65. The summed E-state index contributed by atoms with van der Waals surface area (Å²) in [5, 5.41) is 2.57. The first-order valence-corrected chi connectivity index (χ1v) is 8.20. The average Bonchev–Trinajstić information content (AvgIpc) is 2.42. The van der Waals surface area contributed by atoms with E-state index in [1.165, 1.54) is 38.5 Å². The lowest BCUT2D eigenvalue weighted by Gasteiger charge is -2.57. The average molecular weight is 293 g/mol. The van der Waals surface area contributed by atoms with Crippen LogP contribution in [0.2, 0.25) is 0 Å². The molecule has 5 nitrogen and oxygen atoms in total. The Hall–Kier alpha value is -1.10. The second kappa shape index (κ2) is 5.59. The molecule has 3 N–H and O–H groups in total. The molecule has 4 saturated carbocycles. The Morgan fingerprint density at radius 2 is 1.67 bits per heavy atom. The van der Waals surface area contributed by atoms with Crippen LogP contribution in [-0.2, 0) is 9.59 Å². The molecule has 0 spiro atoms. The minimum atomic E-state index is -0.272. The first-order valence-electron chi connectivity index (χ1n) is 8.20. The van der Waals surface area contributed by atoms with Gasteiger partial charge in [0.1, 0.15) is 0 Å². The van der Waals surface area contributed by atoms with Gasteiger partial charge >= 0.3 is 0 Å². The van der Waals surface area contributed by atoms with Crippen LogP contribution in [0.1, 0.15) is 38.5 Å². The zero-order valence-electron chi connectivity index (χ0n) is 12.9. The van der Waals surface area contributed by atoms with E-state index in [9.17, 15) is 9.59 Å². The molecule has 0 aromatic rings. The van der Waals surface area contributed by atoms with Crippen molar-refractivity contribution >= 4 is 11.8 Å².